The van der Waals surface area contributed by atoms with Gasteiger partial charge in [0.25, 0.3) is 0 Å². The van der Waals surface area contributed by atoms with Gasteiger partial charge < -0.3 is 9.42 Å². The fraction of sp³-hybridized carbons (Fsp3) is 0.200. The third-order valence-corrected chi connectivity index (χ3v) is 4.18. The number of rotatable bonds is 6. The van der Waals surface area contributed by atoms with Gasteiger partial charge in [0.05, 0.1) is 6.54 Å². The van der Waals surface area contributed by atoms with Crippen LogP contribution in [0.5, 0.6) is 0 Å². The first-order valence-corrected chi connectivity index (χ1v) is 8.07. The molecule has 0 spiro atoms. The number of hydrogen-bond donors (Lipinski definition) is 0. The van der Waals surface area contributed by atoms with Crippen LogP contribution in [0.2, 0.25) is 0 Å². The minimum absolute atomic E-state index is 0.0832. The van der Waals surface area contributed by atoms with E-state index in [9.17, 15) is 9.18 Å². The monoisotopic (exact) mass is 338 g/mol. The quantitative estimate of drug-likeness (QED) is 0.682. The topological polar surface area (TPSA) is 46.3 Å². The van der Waals surface area contributed by atoms with Crippen LogP contribution in [0.4, 0.5) is 4.39 Å². The minimum atomic E-state index is -0.338. The zero-order valence-electron chi connectivity index (χ0n) is 13.9. The van der Waals surface area contributed by atoms with Crippen LogP contribution in [0.25, 0.3) is 0 Å². The fourth-order valence-electron chi connectivity index (χ4n) is 2.83. The molecule has 25 heavy (non-hydrogen) atoms. The van der Waals surface area contributed by atoms with E-state index >= 15 is 0 Å². The summed E-state index contributed by atoms with van der Waals surface area (Å²) in [6.07, 6.45) is 1.65. The Morgan fingerprint density at radius 1 is 1.12 bits per heavy atom. The van der Waals surface area contributed by atoms with Crippen molar-refractivity contribution >= 4 is 5.91 Å². The second-order valence-electron chi connectivity index (χ2n) is 5.93. The smallest absolute Gasteiger partial charge is 0.223 e. The Balaban J connectivity index is 1.83. The molecule has 2 aromatic carbocycles. The van der Waals surface area contributed by atoms with Crippen molar-refractivity contribution in [3.8, 4) is 0 Å². The molecular formula is C20H19FN2O2. The molecule has 4 nitrogen and oxygen atoms in total. The summed E-state index contributed by atoms with van der Waals surface area (Å²) >= 11 is 0. The molecule has 0 aliphatic heterocycles. The van der Waals surface area contributed by atoms with Crippen molar-refractivity contribution in [3.05, 3.63) is 89.6 Å². The molecule has 5 heteroatoms. The van der Waals surface area contributed by atoms with E-state index in [0.29, 0.717) is 17.8 Å². The highest BCUT2D eigenvalue weighted by Gasteiger charge is 2.23. The van der Waals surface area contributed by atoms with Gasteiger partial charge >= 0.3 is 0 Å². The maximum atomic E-state index is 14.3. The Morgan fingerprint density at radius 2 is 1.84 bits per heavy atom. The van der Waals surface area contributed by atoms with Crippen molar-refractivity contribution in [3.63, 3.8) is 0 Å². The Bertz CT molecular complexity index is 819. The fourth-order valence-corrected chi connectivity index (χ4v) is 2.83. The first-order valence-electron chi connectivity index (χ1n) is 8.07. The molecule has 1 atom stereocenters. The molecule has 0 fully saturated rings. The lowest BCUT2D eigenvalue weighted by Crippen LogP contribution is -2.28. The van der Waals surface area contributed by atoms with Crippen molar-refractivity contribution < 1.29 is 13.7 Å². The van der Waals surface area contributed by atoms with Crippen LogP contribution >= 0.6 is 0 Å². The summed E-state index contributed by atoms with van der Waals surface area (Å²) in [7, 11) is 1.71. The van der Waals surface area contributed by atoms with Gasteiger partial charge in [0.1, 0.15) is 17.8 Å². The minimum Gasteiger partial charge on any atom is -0.364 e. The predicted molar refractivity (Wildman–Crippen MR) is 92.3 cm³/mol. The summed E-state index contributed by atoms with van der Waals surface area (Å²) in [4.78, 5) is 14.3. The van der Waals surface area contributed by atoms with Crippen molar-refractivity contribution in [2.45, 2.75) is 18.9 Å². The van der Waals surface area contributed by atoms with E-state index in [4.69, 9.17) is 4.52 Å². The van der Waals surface area contributed by atoms with Gasteiger partial charge in [-0.05, 0) is 17.2 Å². The SMILES string of the molecule is CN(Cc1ccon1)C(=O)CC(c1ccccc1)c1ccccc1F. The zero-order valence-corrected chi connectivity index (χ0v) is 13.9. The highest BCUT2D eigenvalue weighted by atomic mass is 19.1. The number of aromatic nitrogens is 1. The van der Waals surface area contributed by atoms with Gasteiger partial charge in [-0.3, -0.25) is 4.79 Å². The lowest BCUT2D eigenvalue weighted by Gasteiger charge is -2.22. The summed E-state index contributed by atoms with van der Waals surface area (Å²) in [5.41, 5.74) is 2.12. The van der Waals surface area contributed by atoms with Gasteiger partial charge in [-0.15, -0.1) is 0 Å². The summed E-state index contributed by atoms with van der Waals surface area (Å²) < 4.78 is 19.1. The number of benzene rings is 2. The van der Waals surface area contributed by atoms with Crippen LogP contribution in [0.1, 0.15) is 29.2 Å². The van der Waals surface area contributed by atoms with Gasteiger partial charge in [0.15, 0.2) is 0 Å². The Hall–Kier alpha value is -2.95. The van der Waals surface area contributed by atoms with Crippen molar-refractivity contribution in [1.82, 2.24) is 10.1 Å². The van der Waals surface area contributed by atoms with Gasteiger partial charge in [0.2, 0.25) is 5.91 Å². The molecule has 0 saturated carbocycles. The normalized spacial score (nSPS) is 11.9. The summed E-state index contributed by atoms with van der Waals surface area (Å²) in [6.45, 7) is 0.355. The van der Waals surface area contributed by atoms with E-state index < -0.39 is 0 Å². The zero-order chi connectivity index (χ0) is 17.6. The molecule has 128 valence electrons. The standard InChI is InChI=1S/C20H19FN2O2/c1-23(14-16-11-12-25-22-16)20(24)13-18(15-7-3-2-4-8-15)17-9-5-6-10-19(17)21/h2-12,18H,13-14H2,1H3. The van der Waals surface area contributed by atoms with Gasteiger partial charge in [-0.25, -0.2) is 4.39 Å². The van der Waals surface area contributed by atoms with Crippen LogP contribution in [-0.2, 0) is 11.3 Å². The van der Waals surface area contributed by atoms with E-state index in [1.54, 1.807) is 36.2 Å². The highest BCUT2D eigenvalue weighted by molar-refractivity contribution is 5.77. The number of nitrogens with zero attached hydrogens (tertiary/aromatic N) is 2. The summed E-state index contributed by atoms with van der Waals surface area (Å²) in [5, 5.41) is 3.82. The molecule has 3 aromatic rings. The first-order chi connectivity index (χ1) is 12.1. The Labute approximate surface area is 145 Å². The van der Waals surface area contributed by atoms with Crippen molar-refractivity contribution in [2.75, 3.05) is 7.05 Å². The van der Waals surface area contributed by atoms with E-state index in [-0.39, 0.29) is 24.1 Å². The molecule has 1 aromatic heterocycles. The lowest BCUT2D eigenvalue weighted by atomic mass is 9.88. The van der Waals surface area contributed by atoms with Gasteiger partial charge in [-0.1, -0.05) is 53.7 Å². The van der Waals surface area contributed by atoms with E-state index in [2.05, 4.69) is 5.16 Å². The van der Waals surface area contributed by atoms with E-state index in [0.717, 1.165) is 5.56 Å². The molecule has 1 heterocycles. The van der Waals surface area contributed by atoms with Gasteiger partial charge in [-0.2, -0.15) is 0 Å². The number of hydrogen-bond acceptors (Lipinski definition) is 3. The van der Waals surface area contributed by atoms with Crippen molar-refractivity contribution in [2.24, 2.45) is 0 Å². The van der Waals surface area contributed by atoms with Crippen LogP contribution in [-0.4, -0.2) is 23.0 Å². The predicted octanol–water partition coefficient (Wildman–Crippen LogP) is 3.99. The third kappa shape index (κ3) is 4.12. The van der Waals surface area contributed by atoms with E-state index in [1.807, 2.05) is 30.3 Å². The molecule has 3 rings (SSSR count). The molecule has 0 bridgehead atoms. The molecule has 0 N–H and O–H groups in total. The molecule has 0 aliphatic carbocycles. The first kappa shape index (κ1) is 16.9. The second kappa shape index (κ2) is 7.75. The second-order valence-corrected chi connectivity index (χ2v) is 5.93. The number of halogens is 1. The largest absolute Gasteiger partial charge is 0.364 e. The molecule has 0 saturated heterocycles. The average Bonchev–Trinajstić information content (AvgIpc) is 3.14. The van der Waals surface area contributed by atoms with Crippen LogP contribution in [0.3, 0.4) is 0 Å². The maximum Gasteiger partial charge on any atom is 0.223 e. The van der Waals surface area contributed by atoms with Crippen LogP contribution in [0.15, 0.2) is 71.4 Å². The number of carbonyl (C=O) groups excluding carboxylic acids is 1. The van der Waals surface area contributed by atoms with Crippen LogP contribution in [0, 0.1) is 5.82 Å². The molecule has 0 radical (unpaired) electrons. The van der Waals surface area contributed by atoms with Crippen molar-refractivity contribution in [1.29, 1.82) is 0 Å². The third-order valence-electron chi connectivity index (χ3n) is 4.18. The highest BCUT2D eigenvalue weighted by Crippen LogP contribution is 2.30. The Kier molecular flexibility index (Phi) is 5.23. The lowest BCUT2D eigenvalue weighted by molar-refractivity contribution is -0.130. The molecule has 1 amide bonds. The maximum absolute atomic E-state index is 14.3. The summed E-state index contributed by atoms with van der Waals surface area (Å²) in [6, 6.07) is 17.9. The van der Waals surface area contributed by atoms with Crippen LogP contribution < -0.4 is 0 Å². The number of amides is 1. The molecular weight excluding hydrogens is 319 g/mol. The van der Waals surface area contributed by atoms with E-state index in [1.165, 1.54) is 12.3 Å². The Morgan fingerprint density at radius 3 is 2.52 bits per heavy atom. The summed E-state index contributed by atoms with van der Waals surface area (Å²) in [5.74, 6) is -0.724. The molecule has 0 aliphatic rings. The number of carbonyl (C=O) groups is 1. The average molecular weight is 338 g/mol. The van der Waals surface area contributed by atoms with Gasteiger partial charge in [0, 0.05) is 25.5 Å². The molecule has 1 unspecified atom stereocenters.